The number of nitrogens with zero attached hydrogens (tertiary/aromatic N) is 4. The summed E-state index contributed by atoms with van der Waals surface area (Å²) < 4.78 is 1.88. The van der Waals surface area contributed by atoms with Crippen LogP contribution in [-0.2, 0) is 32.3 Å². The average Bonchev–Trinajstić information content (AvgIpc) is 3.32. The number of anilines is 1. The van der Waals surface area contributed by atoms with E-state index >= 15 is 0 Å². The van der Waals surface area contributed by atoms with Crippen molar-refractivity contribution in [3.8, 4) is 22.5 Å². The Morgan fingerprint density at radius 2 is 1.64 bits per heavy atom. The Hall–Kier alpha value is -3.99. The normalized spacial score (nSPS) is 12.0. The summed E-state index contributed by atoms with van der Waals surface area (Å²) in [5.74, 6) is -1.41. The van der Waals surface area contributed by atoms with Gasteiger partial charge in [0.25, 0.3) is 0 Å². The lowest BCUT2D eigenvalue weighted by Gasteiger charge is -2.28. The summed E-state index contributed by atoms with van der Waals surface area (Å²) in [6, 6.07) is 15.5. The number of carboxylic acid groups (broad SMARTS) is 1. The first kappa shape index (κ1) is 28.0. The van der Waals surface area contributed by atoms with Gasteiger partial charge in [-0.15, -0.1) is 17.7 Å². The molecule has 2 amide bonds. The molecular weight excluding hydrogens is 518 g/mol. The number of carboxylic acids is 1. The van der Waals surface area contributed by atoms with Gasteiger partial charge in [0.1, 0.15) is 12.2 Å². The number of nitrogens with one attached hydrogen (secondary N) is 1. The molecule has 2 N–H and O–H groups in total. The summed E-state index contributed by atoms with van der Waals surface area (Å²) in [6.07, 6.45) is 3.35. The van der Waals surface area contributed by atoms with Crippen LogP contribution in [0.15, 0.2) is 48.5 Å². The third-order valence-corrected chi connectivity index (χ3v) is 6.80. The molecule has 0 saturated heterocycles. The van der Waals surface area contributed by atoms with Gasteiger partial charge in [0, 0.05) is 36.9 Å². The second-order valence-electron chi connectivity index (χ2n) is 9.39. The fourth-order valence-corrected chi connectivity index (χ4v) is 4.86. The van der Waals surface area contributed by atoms with Crippen LogP contribution in [0.4, 0.5) is 5.69 Å². The lowest BCUT2D eigenvalue weighted by Crippen LogP contribution is -2.31. The van der Waals surface area contributed by atoms with Gasteiger partial charge in [-0.05, 0) is 30.9 Å². The van der Waals surface area contributed by atoms with Gasteiger partial charge in [-0.1, -0.05) is 54.1 Å². The molecule has 1 aliphatic heterocycles. The van der Waals surface area contributed by atoms with Gasteiger partial charge in [-0.25, -0.2) is 4.68 Å². The van der Waals surface area contributed by atoms with Crippen molar-refractivity contribution in [2.45, 2.75) is 58.0 Å². The smallest absolute Gasteiger partial charge is 0.322 e. The zero-order valence-electron chi connectivity index (χ0n) is 21.5. The molecule has 1 aliphatic rings. The van der Waals surface area contributed by atoms with Crippen molar-refractivity contribution < 1.29 is 24.3 Å². The van der Waals surface area contributed by atoms with Crippen LogP contribution in [0.25, 0.3) is 22.5 Å². The predicted molar refractivity (Wildman–Crippen MR) is 149 cm³/mol. The summed E-state index contributed by atoms with van der Waals surface area (Å²) in [4.78, 5) is 48.7. The molecule has 0 aliphatic carbocycles. The number of carbonyl (C=O) groups is 4. The molecule has 0 spiro atoms. The molecule has 0 radical (unpaired) electrons. The number of aliphatic carboxylic acids is 1. The van der Waals surface area contributed by atoms with Crippen molar-refractivity contribution in [3.63, 3.8) is 0 Å². The number of unbranched alkanes of at least 4 members (excludes halogenated alkanes) is 2. The molecule has 3 aromatic rings. The van der Waals surface area contributed by atoms with E-state index < -0.39 is 5.97 Å². The van der Waals surface area contributed by atoms with E-state index in [1.165, 1.54) is 0 Å². The molecule has 0 fully saturated rings. The third-order valence-electron chi connectivity index (χ3n) is 6.58. The number of aryl methyl sites for hydroxylation is 1. The first-order valence-corrected chi connectivity index (χ1v) is 13.4. The Kier molecular flexibility index (Phi) is 9.48. The molecule has 204 valence electrons. The van der Waals surface area contributed by atoms with Gasteiger partial charge in [0.15, 0.2) is 5.12 Å². The number of hydrogen-bond acceptors (Lipinski definition) is 6. The number of carbonyl (C=O) groups excluding carboxylic acids is 3. The Balaban J connectivity index is 1.56. The minimum Gasteiger partial charge on any atom is -0.480 e. The first-order valence-electron chi connectivity index (χ1n) is 13.0. The standard InChI is InChI=1S/C28H31N5O5S/c34-23(29-17-25(36)37)13-2-1-7-16-33-28-20-10-4-3-9-19(20)18-32(24(35)14-8-15-26(38)39)22-12-6-5-11-21(22)27(28)30-31-33/h3-6,9-12H,1-2,7-8,13-18H2,(H,29,34)(H,36,37)(H,38,39). The molecular formula is C28H31N5O5S. The Morgan fingerprint density at radius 1 is 0.897 bits per heavy atom. The minimum atomic E-state index is -1.06. The van der Waals surface area contributed by atoms with E-state index in [-0.39, 0.29) is 42.7 Å². The highest BCUT2D eigenvalue weighted by atomic mass is 32.1. The van der Waals surface area contributed by atoms with E-state index in [1.54, 1.807) is 4.90 Å². The molecule has 11 heteroatoms. The molecule has 39 heavy (non-hydrogen) atoms. The molecule has 0 unspecified atom stereocenters. The maximum atomic E-state index is 13.4. The number of para-hydroxylation sites is 1. The van der Waals surface area contributed by atoms with Gasteiger partial charge in [0.05, 0.1) is 17.9 Å². The Morgan fingerprint density at radius 3 is 2.41 bits per heavy atom. The van der Waals surface area contributed by atoms with Gasteiger partial charge >= 0.3 is 5.97 Å². The fourth-order valence-electron chi connectivity index (χ4n) is 4.71. The maximum absolute atomic E-state index is 13.4. The third kappa shape index (κ3) is 7.11. The number of aromatic nitrogens is 3. The Labute approximate surface area is 231 Å². The van der Waals surface area contributed by atoms with E-state index in [2.05, 4.69) is 28.3 Å². The van der Waals surface area contributed by atoms with Crippen molar-refractivity contribution >= 4 is 41.2 Å². The van der Waals surface area contributed by atoms with E-state index in [0.717, 1.165) is 40.9 Å². The minimum absolute atomic E-state index is 0.0740. The molecule has 0 atom stereocenters. The number of amides is 2. The van der Waals surface area contributed by atoms with Gasteiger partial charge in [-0.2, -0.15) is 0 Å². The van der Waals surface area contributed by atoms with Crippen LogP contribution in [0.5, 0.6) is 0 Å². The highest BCUT2D eigenvalue weighted by Gasteiger charge is 2.28. The van der Waals surface area contributed by atoms with E-state index in [9.17, 15) is 19.2 Å². The van der Waals surface area contributed by atoms with Crippen LogP contribution in [0.3, 0.4) is 0 Å². The topological polar surface area (TPSA) is 134 Å². The van der Waals surface area contributed by atoms with Crippen molar-refractivity contribution in [1.82, 2.24) is 20.3 Å². The predicted octanol–water partition coefficient (Wildman–Crippen LogP) is 3.85. The molecule has 10 nitrogen and oxygen atoms in total. The van der Waals surface area contributed by atoms with Crippen LogP contribution in [-0.4, -0.2) is 49.5 Å². The summed E-state index contributed by atoms with van der Waals surface area (Å²) in [7, 11) is 0. The number of hydrogen-bond donors (Lipinski definition) is 3. The largest absolute Gasteiger partial charge is 0.480 e. The van der Waals surface area contributed by atoms with E-state index in [1.807, 2.05) is 53.2 Å². The molecule has 4 rings (SSSR count). The van der Waals surface area contributed by atoms with Gasteiger partial charge in [-0.3, -0.25) is 19.2 Å². The lowest BCUT2D eigenvalue weighted by atomic mass is 9.95. The molecule has 2 aromatic carbocycles. The highest BCUT2D eigenvalue weighted by Crippen LogP contribution is 2.41. The summed E-state index contributed by atoms with van der Waals surface area (Å²) in [5.41, 5.74) is 5.03. The Bertz CT molecular complexity index is 1370. The second kappa shape index (κ2) is 13.2. The quantitative estimate of drug-likeness (QED) is 0.231. The van der Waals surface area contributed by atoms with Crippen LogP contribution in [0.2, 0.25) is 0 Å². The molecule has 2 heterocycles. The van der Waals surface area contributed by atoms with Gasteiger partial charge in [0.2, 0.25) is 11.8 Å². The van der Waals surface area contributed by atoms with Crippen LogP contribution in [0.1, 0.15) is 50.5 Å². The first-order chi connectivity index (χ1) is 18.8. The summed E-state index contributed by atoms with van der Waals surface area (Å²) in [5, 5.41) is 19.8. The van der Waals surface area contributed by atoms with E-state index in [0.29, 0.717) is 31.6 Å². The van der Waals surface area contributed by atoms with Crippen LogP contribution in [0, 0.1) is 0 Å². The SMILES string of the molecule is O=C(O)CNC(=O)CCCCCn1nnc2c1-c1ccccc1CN(C(=O)CCCC(=O)S)c1ccccc1-2. The zero-order chi connectivity index (χ0) is 27.8. The average molecular weight is 550 g/mol. The fraction of sp³-hybridized carbons (Fsp3) is 0.357. The van der Waals surface area contributed by atoms with Crippen molar-refractivity contribution in [2.24, 2.45) is 0 Å². The van der Waals surface area contributed by atoms with Crippen LogP contribution < -0.4 is 10.2 Å². The van der Waals surface area contributed by atoms with Crippen molar-refractivity contribution in [1.29, 1.82) is 0 Å². The molecule has 0 saturated carbocycles. The van der Waals surface area contributed by atoms with Crippen molar-refractivity contribution in [2.75, 3.05) is 11.4 Å². The van der Waals surface area contributed by atoms with Crippen molar-refractivity contribution in [3.05, 3.63) is 54.1 Å². The number of thiol groups is 1. The monoisotopic (exact) mass is 549 g/mol. The number of fused-ring (bicyclic) bond motifs is 5. The lowest BCUT2D eigenvalue weighted by molar-refractivity contribution is -0.138. The molecule has 0 bridgehead atoms. The number of rotatable bonds is 12. The van der Waals surface area contributed by atoms with Crippen LogP contribution >= 0.6 is 12.6 Å². The maximum Gasteiger partial charge on any atom is 0.322 e. The van der Waals surface area contributed by atoms with E-state index in [4.69, 9.17) is 5.11 Å². The number of benzene rings is 2. The zero-order valence-corrected chi connectivity index (χ0v) is 22.4. The summed E-state index contributed by atoms with van der Waals surface area (Å²) in [6.45, 7) is 0.593. The highest BCUT2D eigenvalue weighted by molar-refractivity contribution is 7.96. The summed E-state index contributed by atoms with van der Waals surface area (Å²) >= 11 is 3.82. The van der Waals surface area contributed by atoms with Gasteiger partial charge < -0.3 is 15.3 Å². The molecule has 1 aromatic heterocycles. The second-order valence-corrected chi connectivity index (χ2v) is 9.89.